The summed E-state index contributed by atoms with van der Waals surface area (Å²) in [7, 11) is 1.68. The lowest BCUT2D eigenvalue weighted by Crippen LogP contribution is -2.23. The first-order chi connectivity index (χ1) is 5.75. The molecule has 0 fully saturated rings. The van der Waals surface area contributed by atoms with Crippen LogP contribution in [-0.4, -0.2) is 13.0 Å². The van der Waals surface area contributed by atoms with E-state index in [1.54, 1.807) is 7.05 Å². The molecule has 0 N–H and O–H groups in total. The number of para-hydroxylation sites is 1. The van der Waals surface area contributed by atoms with Crippen molar-refractivity contribution in [3.05, 3.63) is 43.0 Å². The number of carbonyl (C=O) groups is 1. The second-order valence-electron chi connectivity index (χ2n) is 2.40. The Bertz CT molecular complexity index is 279. The molecule has 1 aromatic carbocycles. The van der Waals surface area contributed by atoms with Crippen molar-refractivity contribution in [1.82, 2.24) is 0 Å². The van der Waals surface area contributed by atoms with Crippen LogP contribution in [0.3, 0.4) is 0 Å². The van der Waals surface area contributed by atoms with Crippen molar-refractivity contribution in [1.29, 1.82) is 0 Å². The average molecular weight is 160 g/mol. The summed E-state index contributed by atoms with van der Waals surface area (Å²) in [5.74, 6) is -0.207. The first kappa shape index (κ1) is 8.44. The van der Waals surface area contributed by atoms with Crippen molar-refractivity contribution < 1.29 is 4.79 Å². The lowest BCUT2D eigenvalue weighted by atomic mass is 10.3. The van der Waals surface area contributed by atoms with Gasteiger partial charge in [-0.15, -0.1) is 4.79 Å². The van der Waals surface area contributed by atoms with E-state index in [1.807, 2.05) is 30.3 Å². The molecule has 0 unspecified atom stereocenters. The minimum atomic E-state index is -0.207. The van der Waals surface area contributed by atoms with Crippen LogP contribution in [0.2, 0.25) is 0 Å². The number of anilines is 1. The summed E-state index contributed by atoms with van der Waals surface area (Å²) in [6.45, 7) is 5.09. The Morgan fingerprint density at radius 2 is 2.00 bits per heavy atom. The van der Waals surface area contributed by atoms with Crippen LogP contribution in [0.15, 0.2) is 36.4 Å². The monoisotopic (exact) mass is 160 g/mol. The van der Waals surface area contributed by atoms with Gasteiger partial charge in [0.1, 0.15) is 0 Å². The van der Waals surface area contributed by atoms with E-state index in [0.717, 1.165) is 11.8 Å². The van der Waals surface area contributed by atoms with Gasteiger partial charge in [0.05, 0.1) is 12.3 Å². The number of amides is 1. The Morgan fingerprint density at radius 1 is 1.42 bits per heavy atom. The van der Waals surface area contributed by atoms with Gasteiger partial charge in [0.15, 0.2) is 0 Å². The maximum atomic E-state index is 11.1. The maximum Gasteiger partial charge on any atom is 0.402 e. The van der Waals surface area contributed by atoms with Gasteiger partial charge in [-0.3, -0.25) is 0 Å². The van der Waals surface area contributed by atoms with Gasteiger partial charge in [0, 0.05) is 7.05 Å². The Balaban J connectivity index is 2.85. The van der Waals surface area contributed by atoms with Crippen LogP contribution in [-0.2, 0) is 4.79 Å². The van der Waals surface area contributed by atoms with Crippen LogP contribution in [0.4, 0.5) is 5.69 Å². The molecule has 0 aliphatic rings. The summed E-state index contributed by atoms with van der Waals surface area (Å²) in [6, 6.07) is 9.34. The van der Waals surface area contributed by atoms with E-state index in [-0.39, 0.29) is 5.91 Å². The van der Waals surface area contributed by atoms with E-state index < -0.39 is 0 Å². The fraction of sp³-hybridized carbons (Fsp3) is 0.100. The van der Waals surface area contributed by atoms with Crippen molar-refractivity contribution in [2.45, 2.75) is 0 Å². The molecule has 0 saturated heterocycles. The highest BCUT2D eigenvalue weighted by atomic mass is 16.2. The number of hydrogen-bond donors (Lipinski definition) is 0. The summed E-state index contributed by atoms with van der Waals surface area (Å²) < 4.78 is 0. The lowest BCUT2D eigenvalue weighted by molar-refractivity contribution is -0.113. The molecule has 1 amide bonds. The van der Waals surface area contributed by atoms with Gasteiger partial charge < -0.3 is 0 Å². The van der Waals surface area contributed by atoms with Crippen LogP contribution in [0.25, 0.3) is 0 Å². The van der Waals surface area contributed by atoms with Crippen molar-refractivity contribution in [3.63, 3.8) is 0 Å². The Labute approximate surface area is 72.1 Å². The Hall–Kier alpha value is -1.66. The fourth-order valence-electron chi connectivity index (χ4n) is 0.891. The second-order valence-corrected chi connectivity index (χ2v) is 2.40. The fourth-order valence-corrected chi connectivity index (χ4v) is 0.891. The molecular weight excluding hydrogens is 150 g/mol. The van der Waals surface area contributed by atoms with Crippen LogP contribution in [0, 0.1) is 6.58 Å². The Kier molecular flexibility index (Phi) is 2.57. The van der Waals surface area contributed by atoms with Crippen LogP contribution >= 0.6 is 0 Å². The zero-order valence-corrected chi connectivity index (χ0v) is 6.90. The minimum absolute atomic E-state index is 0.207. The SMILES string of the molecule is [CH+]=CC(=O)N(C)c1ccccc1. The van der Waals surface area contributed by atoms with Crippen LogP contribution in [0.1, 0.15) is 0 Å². The molecule has 1 aromatic rings. The number of carbonyl (C=O) groups excluding carboxylic acids is 1. The molecule has 1 rings (SSSR count). The molecule has 0 bridgehead atoms. The standard InChI is InChI=1S/C10H10NO/c1-3-10(12)11(2)9-7-5-4-6-8-9/h1,3-8H,2H3/q+1. The molecule has 0 radical (unpaired) electrons. The molecule has 0 atom stereocenters. The molecule has 0 heterocycles. The lowest BCUT2D eigenvalue weighted by Gasteiger charge is -2.07. The normalized spacial score (nSPS) is 9.00. The van der Waals surface area contributed by atoms with E-state index in [1.165, 1.54) is 4.90 Å². The van der Waals surface area contributed by atoms with Crippen LogP contribution < -0.4 is 4.90 Å². The third-order valence-electron chi connectivity index (χ3n) is 1.62. The highest BCUT2D eigenvalue weighted by Crippen LogP contribution is 2.10. The topological polar surface area (TPSA) is 20.3 Å². The predicted molar refractivity (Wildman–Crippen MR) is 48.7 cm³/mol. The number of rotatable bonds is 2. The quantitative estimate of drug-likeness (QED) is 0.475. The number of hydrogen-bond acceptors (Lipinski definition) is 1. The largest absolute Gasteiger partial charge is 0.402 e. The smallest absolute Gasteiger partial charge is 0.235 e. The highest BCUT2D eigenvalue weighted by molar-refractivity contribution is 6.00. The molecule has 0 saturated carbocycles. The van der Waals surface area contributed by atoms with E-state index in [2.05, 4.69) is 0 Å². The van der Waals surface area contributed by atoms with Gasteiger partial charge in [-0.1, -0.05) is 18.2 Å². The van der Waals surface area contributed by atoms with Gasteiger partial charge in [-0.05, 0) is 12.1 Å². The van der Waals surface area contributed by atoms with Gasteiger partial charge in [-0.2, -0.15) is 0 Å². The summed E-state index contributed by atoms with van der Waals surface area (Å²) in [5.41, 5.74) is 0.837. The first-order valence-corrected chi connectivity index (χ1v) is 3.63. The summed E-state index contributed by atoms with van der Waals surface area (Å²) in [5, 5.41) is 0. The predicted octanol–water partition coefficient (Wildman–Crippen LogP) is 1.64. The van der Waals surface area contributed by atoms with Gasteiger partial charge in [-0.25, -0.2) is 4.90 Å². The van der Waals surface area contributed by atoms with Gasteiger partial charge >= 0.3 is 5.91 Å². The molecule has 0 aliphatic heterocycles. The zero-order valence-electron chi connectivity index (χ0n) is 6.90. The molecule has 0 aliphatic carbocycles. The van der Waals surface area contributed by atoms with Crippen LogP contribution in [0.5, 0.6) is 0 Å². The minimum Gasteiger partial charge on any atom is -0.235 e. The van der Waals surface area contributed by atoms with E-state index in [0.29, 0.717) is 0 Å². The third-order valence-corrected chi connectivity index (χ3v) is 1.62. The number of nitrogens with zero attached hydrogens (tertiary/aromatic N) is 1. The van der Waals surface area contributed by atoms with Crippen molar-refractivity contribution >= 4 is 11.6 Å². The van der Waals surface area contributed by atoms with Crippen molar-refractivity contribution in [2.75, 3.05) is 11.9 Å². The molecule has 60 valence electrons. The number of likely N-dealkylation sites (N-methyl/N-ethyl adjacent to an activating group) is 1. The zero-order chi connectivity index (χ0) is 8.97. The first-order valence-electron chi connectivity index (χ1n) is 3.63. The maximum absolute atomic E-state index is 11.1. The summed E-state index contributed by atoms with van der Waals surface area (Å²) >= 11 is 0. The molecule has 0 aromatic heterocycles. The third kappa shape index (κ3) is 1.68. The second kappa shape index (κ2) is 3.65. The molecule has 0 spiro atoms. The molecule has 2 heteroatoms. The van der Waals surface area contributed by atoms with Crippen molar-refractivity contribution in [2.24, 2.45) is 0 Å². The van der Waals surface area contributed by atoms with E-state index >= 15 is 0 Å². The summed E-state index contributed by atoms with van der Waals surface area (Å²) in [6.07, 6.45) is 1.05. The number of benzene rings is 1. The molecular formula is C10H10NO+. The molecule has 12 heavy (non-hydrogen) atoms. The van der Waals surface area contributed by atoms with Gasteiger partial charge in [0.25, 0.3) is 0 Å². The highest BCUT2D eigenvalue weighted by Gasteiger charge is 2.13. The average Bonchev–Trinajstić information content (AvgIpc) is 2.17. The van der Waals surface area contributed by atoms with Gasteiger partial charge in [0.2, 0.25) is 6.08 Å². The van der Waals surface area contributed by atoms with Crippen molar-refractivity contribution in [3.8, 4) is 0 Å². The van der Waals surface area contributed by atoms with E-state index in [4.69, 9.17) is 6.58 Å². The Morgan fingerprint density at radius 3 is 2.50 bits per heavy atom. The summed E-state index contributed by atoms with van der Waals surface area (Å²) in [4.78, 5) is 12.5. The molecule has 2 nitrogen and oxygen atoms in total. The van der Waals surface area contributed by atoms with E-state index in [9.17, 15) is 4.79 Å².